The molecule has 210 valence electrons. The van der Waals surface area contributed by atoms with E-state index in [-0.39, 0.29) is 36.6 Å². The summed E-state index contributed by atoms with van der Waals surface area (Å²) in [4.78, 5) is 38.6. The number of benzene rings is 3. The van der Waals surface area contributed by atoms with Crippen LogP contribution in [0.25, 0.3) is 0 Å². The zero-order chi connectivity index (χ0) is 28.6. The standard InChI is InChI=1S/C29H30ClN3O7/c1-38-22-15-20(17-40-21-10-8-19(9-11-21)28(35)36)33(16-22)27(34)14-18-7-12-25(26(13-18)39-2)32-29(37)31-24-6-4-3-5-23(24)30/h3-13,20,22H,14-17H2,1-2H3,(H,35,36)(H2,31,32,37)/t20-,22-/m0/s1. The predicted molar refractivity (Wildman–Crippen MR) is 151 cm³/mol. The molecule has 3 aromatic carbocycles. The van der Waals surface area contributed by atoms with Gasteiger partial charge in [0.1, 0.15) is 18.1 Å². The Morgan fingerprint density at radius 1 is 1.00 bits per heavy atom. The van der Waals surface area contributed by atoms with Crippen molar-refractivity contribution in [3.05, 3.63) is 82.9 Å². The number of hydrogen-bond acceptors (Lipinski definition) is 6. The van der Waals surface area contributed by atoms with E-state index in [0.717, 1.165) is 0 Å². The van der Waals surface area contributed by atoms with Gasteiger partial charge in [-0.25, -0.2) is 9.59 Å². The summed E-state index contributed by atoms with van der Waals surface area (Å²) in [5.41, 5.74) is 1.79. The van der Waals surface area contributed by atoms with E-state index < -0.39 is 12.0 Å². The molecule has 10 nitrogen and oxygen atoms in total. The normalized spacial score (nSPS) is 16.3. The van der Waals surface area contributed by atoms with Gasteiger partial charge in [-0.3, -0.25) is 4.79 Å². The van der Waals surface area contributed by atoms with Gasteiger partial charge in [0, 0.05) is 13.7 Å². The number of nitrogens with one attached hydrogen (secondary N) is 2. The molecule has 1 heterocycles. The maximum absolute atomic E-state index is 13.3. The van der Waals surface area contributed by atoms with Crippen molar-refractivity contribution in [1.29, 1.82) is 0 Å². The molecule has 0 unspecified atom stereocenters. The smallest absolute Gasteiger partial charge is 0.335 e. The number of carboxylic acid groups (broad SMARTS) is 1. The number of urea groups is 1. The third-order valence-corrected chi connectivity index (χ3v) is 6.89. The fourth-order valence-corrected chi connectivity index (χ4v) is 4.64. The van der Waals surface area contributed by atoms with Crippen molar-refractivity contribution in [3.8, 4) is 11.5 Å². The van der Waals surface area contributed by atoms with Gasteiger partial charge in [0.15, 0.2) is 0 Å². The van der Waals surface area contributed by atoms with Gasteiger partial charge in [-0.2, -0.15) is 0 Å². The number of carbonyl (C=O) groups is 3. The fourth-order valence-electron chi connectivity index (χ4n) is 4.46. The molecule has 0 saturated carbocycles. The number of rotatable bonds is 10. The van der Waals surface area contributed by atoms with Crippen molar-refractivity contribution >= 4 is 40.9 Å². The van der Waals surface area contributed by atoms with Crippen LogP contribution in [-0.2, 0) is 16.0 Å². The number of aromatic carboxylic acids is 1. The molecule has 4 rings (SSSR count). The van der Waals surface area contributed by atoms with E-state index in [2.05, 4.69) is 10.6 Å². The molecule has 40 heavy (non-hydrogen) atoms. The lowest BCUT2D eigenvalue weighted by Crippen LogP contribution is -2.40. The summed E-state index contributed by atoms with van der Waals surface area (Å²) in [7, 11) is 3.10. The van der Waals surface area contributed by atoms with E-state index in [1.165, 1.54) is 19.2 Å². The van der Waals surface area contributed by atoms with E-state index in [0.29, 0.717) is 46.4 Å². The lowest BCUT2D eigenvalue weighted by Gasteiger charge is -2.25. The van der Waals surface area contributed by atoms with E-state index >= 15 is 0 Å². The van der Waals surface area contributed by atoms with Crippen LogP contribution in [0.4, 0.5) is 16.2 Å². The number of hydrogen-bond donors (Lipinski definition) is 3. The van der Waals surface area contributed by atoms with Gasteiger partial charge in [0.2, 0.25) is 5.91 Å². The lowest BCUT2D eigenvalue weighted by molar-refractivity contribution is -0.132. The third-order valence-electron chi connectivity index (χ3n) is 6.56. The number of carboxylic acids is 1. The van der Waals surface area contributed by atoms with E-state index in [9.17, 15) is 14.4 Å². The van der Waals surface area contributed by atoms with Crippen LogP contribution in [0.1, 0.15) is 22.3 Å². The Morgan fingerprint density at radius 2 is 1.73 bits per heavy atom. The topological polar surface area (TPSA) is 126 Å². The molecule has 1 aliphatic rings. The second-order valence-electron chi connectivity index (χ2n) is 9.20. The highest BCUT2D eigenvalue weighted by molar-refractivity contribution is 6.33. The quantitative estimate of drug-likeness (QED) is 0.317. The van der Waals surface area contributed by atoms with Gasteiger partial charge in [0.25, 0.3) is 0 Å². The molecular formula is C29H30ClN3O7. The van der Waals surface area contributed by atoms with Gasteiger partial charge < -0.3 is 34.9 Å². The van der Waals surface area contributed by atoms with Crippen LogP contribution < -0.4 is 20.1 Å². The lowest BCUT2D eigenvalue weighted by atomic mass is 10.1. The van der Waals surface area contributed by atoms with Crippen LogP contribution in [0.5, 0.6) is 11.5 Å². The molecule has 3 N–H and O–H groups in total. The summed E-state index contributed by atoms with van der Waals surface area (Å²) in [5.74, 6) is -0.193. The maximum Gasteiger partial charge on any atom is 0.335 e. The van der Waals surface area contributed by atoms with E-state index in [1.807, 2.05) is 0 Å². The average molecular weight is 568 g/mol. The van der Waals surface area contributed by atoms with Crippen LogP contribution in [0.3, 0.4) is 0 Å². The number of methoxy groups -OCH3 is 2. The first-order valence-corrected chi connectivity index (χ1v) is 12.9. The van der Waals surface area contributed by atoms with Gasteiger partial charge in [-0.1, -0.05) is 29.8 Å². The minimum absolute atomic E-state index is 0.103. The van der Waals surface area contributed by atoms with Crippen LogP contribution in [-0.4, -0.2) is 67.4 Å². The van der Waals surface area contributed by atoms with E-state index in [4.69, 9.17) is 30.9 Å². The number of anilines is 2. The van der Waals surface area contributed by atoms with Crippen LogP contribution in [0.15, 0.2) is 66.7 Å². The van der Waals surface area contributed by atoms with Gasteiger partial charge in [-0.05, 0) is 60.5 Å². The monoisotopic (exact) mass is 567 g/mol. The first-order valence-electron chi connectivity index (χ1n) is 12.5. The summed E-state index contributed by atoms with van der Waals surface area (Å²) >= 11 is 6.11. The Bertz CT molecular complexity index is 1370. The molecule has 0 bridgehead atoms. The molecular weight excluding hydrogens is 538 g/mol. The molecule has 11 heteroatoms. The second-order valence-corrected chi connectivity index (χ2v) is 9.61. The summed E-state index contributed by atoms with van der Waals surface area (Å²) in [6.45, 7) is 0.672. The second kappa shape index (κ2) is 13.2. The molecule has 1 fully saturated rings. The zero-order valence-electron chi connectivity index (χ0n) is 22.1. The highest BCUT2D eigenvalue weighted by atomic mass is 35.5. The summed E-state index contributed by atoms with van der Waals surface area (Å²) in [6.07, 6.45) is 0.606. The summed E-state index contributed by atoms with van der Waals surface area (Å²) in [5, 5.41) is 14.9. The van der Waals surface area contributed by atoms with Gasteiger partial charge in [-0.15, -0.1) is 0 Å². The fraction of sp³-hybridized carbons (Fsp3) is 0.276. The number of nitrogens with zero attached hydrogens (tertiary/aromatic N) is 1. The molecule has 3 amide bonds. The van der Waals surface area contributed by atoms with Gasteiger partial charge >= 0.3 is 12.0 Å². The van der Waals surface area contributed by atoms with Crippen molar-refractivity contribution in [2.45, 2.75) is 25.0 Å². The van der Waals surface area contributed by atoms with Crippen molar-refractivity contribution in [3.63, 3.8) is 0 Å². The number of likely N-dealkylation sites (tertiary alicyclic amines) is 1. The highest BCUT2D eigenvalue weighted by Crippen LogP contribution is 2.28. The number of carbonyl (C=O) groups excluding carboxylic acids is 2. The molecule has 0 aromatic heterocycles. The van der Waals surface area contributed by atoms with Crippen LogP contribution >= 0.6 is 11.6 Å². The van der Waals surface area contributed by atoms with Crippen molar-refractivity contribution in [2.75, 3.05) is 38.0 Å². The minimum Gasteiger partial charge on any atom is -0.495 e. The van der Waals surface area contributed by atoms with Crippen molar-refractivity contribution < 1.29 is 33.7 Å². The first kappa shape index (κ1) is 28.7. The van der Waals surface area contributed by atoms with Crippen molar-refractivity contribution in [1.82, 2.24) is 4.90 Å². The molecule has 0 aliphatic carbocycles. The maximum atomic E-state index is 13.3. The third kappa shape index (κ3) is 7.22. The molecule has 0 radical (unpaired) electrons. The highest BCUT2D eigenvalue weighted by Gasteiger charge is 2.35. The molecule has 0 spiro atoms. The molecule has 3 aromatic rings. The zero-order valence-corrected chi connectivity index (χ0v) is 22.8. The first-order chi connectivity index (χ1) is 19.3. The predicted octanol–water partition coefficient (Wildman–Crippen LogP) is 4.93. The van der Waals surface area contributed by atoms with Crippen LogP contribution in [0, 0.1) is 0 Å². The summed E-state index contributed by atoms with van der Waals surface area (Å²) < 4.78 is 16.9. The number of ether oxygens (including phenoxy) is 3. The molecule has 1 saturated heterocycles. The SMILES string of the molecule is COc1cc(CC(=O)N2C[C@@H](OC)C[C@H]2COc2ccc(C(=O)O)cc2)ccc1NC(=O)Nc1ccccc1Cl. The Balaban J connectivity index is 1.39. The minimum atomic E-state index is -1.01. The Morgan fingerprint density at radius 3 is 2.40 bits per heavy atom. The largest absolute Gasteiger partial charge is 0.495 e. The van der Waals surface area contributed by atoms with Crippen LogP contribution in [0.2, 0.25) is 5.02 Å². The molecule has 1 aliphatic heterocycles. The molecule has 2 atom stereocenters. The summed E-state index contributed by atoms with van der Waals surface area (Å²) in [6, 6.07) is 17.5. The average Bonchev–Trinajstić information content (AvgIpc) is 3.38. The number of halogens is 1. The Labute approximate surface area is 236 Å². The number of amides is 3. The van der Waals surface area contributed by atoms with Gasteiger partial charge in [0.05, 0.1) is 47.6 Å². The number of para-hydroxylation sites is 1. The Hall–Kier alpha value is -4.28. The Kier molecular flexibility index (Phi) is 9.47. The van der Waals surface area contributed by atoms with Crippen molar-refractivity contribution in [2.24, 2.45) is 0 Å². The van der Waals surface area contributed by atoms with E-state index in [1.54, 1.807) is 66.6 Å².